The smallest absolute Gasteiger partial charge is 0.231 e. The fourth-order valence-electron chi connectivity index (χ4n) is 3.60. The van der Waals surface area contributed by atoms with Crippen molar-refractivity contribution < 1.29 is 17.9 Å². The van der Waals surface area contributed by atoms with Crippen LogP contribution in [0.4, 0.5) is 0 Å². The van der Waals surface area contributed by atoms with E-state index in [4.69, 9.17) is 4.74 Å². The van der Waals surface area contributed by atoms with E-state index in [0.29, 0.717) is 12.5 Å². The molecule has 1 aliphatic carbocycles. The maximum Gasteiger partial charge on any atom is 0.231 e. The summed E-state index contributed by atoms with van der Waals surface area (Å²) in [5, 5.41) is 2.98. The Labute approximate surface area is 137 Å². The molecule has 1 aromatic carbocycles. The van der Waals surface area contributed by atoms with Gasteiger partial charge in [0, 0.05) is 18.7 Å². The molecule has 5 nitrogen and oxygen atoms in total. The van der Waals surface area contributed by atoms with Crippen LogP contribution >= 0.6 is 0 Å². The number of ether oxygens (including phenoxy) is 1. The van der Waals surface area contributed by atoms with Gasteiger partial charge in [-0.3, -0.25) is 4.79 Å². The summed E-state index contributed by atoms with van der Waals surface area (Å²) >= 11 is 0. The number of fused-ring (bicyclic) bond motifs is 1. The second-order valence-corrected chi connectivity index (χ2v) is 8.98. The Morgan fingerprint density at radius 1 is 1.35 bits per heavy atom. The van der Waals surface area contributed by atoms with Crippen molar-refractivity contribution in [1.29, 1.82) is 0 Å². The maximum absolute atomic E-state index is 12.5. The quantitative estimate of drug-likeness (QED) is 0.879. The Balaban J connectivity index is 1.66. The molecule has 1 atom stereocenters. The topological polar surface area (TPSA) is 72.5 Å². The zero-order chi connectivity index (χ0) is 16.5. The predicted octanol–water partition coefficient (Wildman–Crippen LogP) is 1.28. The minimum Gasteiger partial charge on any atom is -0.379 e. The van der Waals surface area contributed by atoms with Crippen molar-refractivity contribution in [2.45, 2.75) is 25.2 Å². The predicted molar refractivity (Wildman–Crippen MR) is 88.1 cm³/mol. The highest BCUT2D eigenvalue weighted by Crippen LogP contribution is 2.32. The summed E-state index contributed by atoms with van der Waals surface area (Å²) in [5.74, 6) is -0.0370. The van der Waals surface area contributed by atoms with E-state index in [-0.39, 0.29) is 24.9 Å². The van der Waals surface area contributed by atoms with Gasteiger partial charge >= 0.3 is 0 Å². The number of sulfone groups is 1. The van der Waals surface area contributed by atoms with Crippen LogP contribution in [0.3, 0.4) is 0 Å². The lowest BCUT2D eigenvalue weighted by atomic mass is 9.82. The number of rotatable bonds is 5. The van der Waals surface area contributed by atoms with Crippen LogP contribution in [0.15, 0.2) is 24.3 Å². The van der Waals surface area contributed by atoms with E-state index in [1.54, 1.807) is 0 Å². The molecule has 1 N–H and O–H groups in total. The number of aryl methyl sites for hydroxylation is 1. The number of carbonyl (C=O) groups excluding carboxylic acids is 1. The second kappa shape index (κ2) is 6.24. The molecular weight excluding hydrogens is 314 g/mol. The summed E-state index contributed by atoms with van der Waals surface area (Å²) in [7, 11) is -3.22. The van der Waals surface area contributed by atoms with Gasteiger partial charge in [0.05, 0.1) is 19.0 Å². The van der Waals surface area contributed by atoms with Crippen LogP contribution in [-0.2, 0) is 25.8 Å². The standard InChI is InChI=1S/C17H23NO4S/c1-23(20,21)12-17(10-22-11-17)16(19)18-9-14-7-4-6-13-5-2-3-8-15(13)14/h2-3,5,8,14H,4,6-7,9-12H2,1H3,(H,18,19). The van der Waals surface area contributed by atoms with Crippen molar-refractivity contribution in [3.63, 3.8) is 0 Å². The Morgan fingerprint density at radius 2 is 2.09 bits per heavy atom. The Morgan fingerprint density at radius 3 is 2.74 bits per heavy atom. The fraction of sp³-hybridized carbons (Fsp3) is 0.588. The third-order valence-corrected chi connectivity index (χ3v) is 5.86. The molecule has 0 radical (unpaired) electrons. The molecule has 1 saturated heterocycles. The number of amides is 1. The number of hydrogen-bond donors (Lipinski definition) is 1. The lowest BCUT2D eigenvalue weighted by Crippen LogP contribution is -2.58. The molecule has 0 bridgehead atoms. The Bertz CT molecular complexity index is 694. The zero-order valence-electron chi connectivity index (χ0n) is 13.4. The molecule has 0 aromatic heterocycles. The van der Waals surface area contributed by atoms with E-state index in [1.165, 1.54) is 11.1 Å². The largest absolute Gasteiger partial charge is 0.379 e. The molecule has 1 aliphatic heterocycles. The van der Waals surface area contributed by atoms with E-state index < -0.39 is 15.3 Å². The van der Waals surface area contributed by atoms with Crippen LogP contribution in [0.2, 0.25) is 0 Å². The van der Waals surface area contributed by atoms with Gasteiger partial charge in [0.1, 0.15) is 15.3 Å². The SMILES string of the molecule is CS(=O)(=O)CC1(C(=O)NCC2CCCc3ccccc32)COC1. The lowest BCUT2D eigenvalue weighted by molar-refractivity contribution is -0.156. The van der Waals surface area contributed by atoms with E-state index in [1.807, 2.05) is 12.1 Å². The summed E-state index contributed by atoms with van der Waals surface area (Å²) in [6.07, 6.45) is 4.42. The van der Waals surface area contributed by atoms with Crippen LogP contribution in [-0.4, -0.2) is 46.1 Å². The van der Waals surface area contributed by atoms with Crippen LogP contribution in [0.5, 0.6) is 0 Å². The first-order valence-electron chi connectivity index (χ1n) is 8.01. The first kappa shape index (κ1) is 16.5. The summed E-state index contributed by atoms with van der Waals surface area (Å²) in [5.41, 5.74) is 1.76. The van der Waals surface area contributed by atoms with Crippen molar-refractivity contribution in [2.24, 2.45) is 5.41 Å². The van der Waals surface area contributed by atoms with Crippen molar-refractivity contribution in [2.75, 3.05) is 31.8 Å². The van der Waals surface area contributed by atoms with Gasteiger partial charge in [-0.05, 0) is 30.4 Å². The average molecular weight is 337 g/mol. The van der Waals surface area contributed by atoms with E-state index in [9.17, 15) is 13.2 Å². The van der Waals surface area contributed by atoms with Gasteiger partial charge in [-0.1, -0.05) is 24.3 Å². The molecule has 1 unspecified atom stereocenters. The summed E-state index contributed by atoms with van der Waals surface area (Å²) < 4.78 is 28.3. The number of carbonyl (C=O) groups is 1. The van der Waals surface area contributed by atoms with E-state index >= 15 is 0 Å². The van der Waals surface area contributed by atoms with Crippen molar-refractivity contribution >= 4 is 15.7 Å². The van der Waals surface area contributed by atoms with Crippen LogP contribution in [0, 0.1) is 5.41 Å². The van der Waals surface area contributed by atoms with Gasteiger partial charge in [0.2, 0.25) is 5.91 Å². The highest BCUT2D eigenvalue weighted by molar-refractivity contribution is 7.90. The number of hydrogen-bond acceptors (Lipinski definition) is 4. The van der Waals surface area contributed by atoms with Gasteiger partial charge in [0.25, 0.3) is 0 Å². The monoisotopic (exact) mass is 337 g/mol. The third kappa shape index (κ3) is 3.58. The molecule has 1 amide bonds. The fourth-order valence-corrected chi connectivity index (χ4v) is 4.90. The van der Waals surface area contributed by atoms with Crippen LogP contribution in [0.25, 0.3) is 0 Å². The van der Waals surface area contributed by atoms with Crippen molar-refractivity contribution in [3.05, 3.63) is 35.4 Å². The molecule has 1 heterocycles. The van der Waals surface area contributed by atoms with Crippen molar-refractivity contribution in [3.8, 4) is 0 Å². The molecule has 0 saturated carbocycles. The summed E-state index contributed by atoms with van der Waals surface area (Å²) in [6.45, 7) is 0.932. The minimum atomic E-state index is -3.22. The normalized spacial score (nSPS) is 22.7. The highest BCUT2D eigenvalue weighted by Gasteiger charge is 2.48. The first-order valence-corrected chi connectivity index (χ1v) is 10.1. The lowest BCUT2D eigenvalue weighted by Gasteiger charge is -2.39. The molecule has 6 heteroatoms. The van der Waals surface area contributed by atoms with Gasteiger partial charge in [-0.2, -0.15) is 0 Å². The molecule has 1 fully saturated rings. The summed E-state index contributed by atoms with van der Waals surface area (Å²) in [6, 6.07) is 8.36. The second-order valence-electron chi connectivity index (χ2n) is 6.84. The van der Waals surface area contributed by atoms with Gasteiger partial charge < -0.3 is 10.1 Å². The Kier molecular flexibility index (Phi) is 4.47. The van der Waals surface area contributed by atoms with Gasteiger partial charge in [-0.25, -0.2) is 8.42 Å². The highest BCUT2D eigenvalue weighted by atomic mass is 32.2. The van der Waals surface area contributed by atoms with Gasteiger partial charge in [0.15, 0.2) is 0 Å². The Hall–Kier alpha value is -1.40. The number of benzene rings is 1. The van der Waals surface area contributed by atoms with E-state index in [2.05, 4.69) is 17.4 Å². The average Bonchev–Trinajstić information content (AvgIpc) is 2.47. The van der Waals surface area contributed by atoms with E-state index in [0.717, 1.165) is 25.5 Å². The molecule has 23 heavy (non-hydrogen) atoms. The summed E-state index contributed by atoms with van der Waals surface area (Å²) in [4.78, 5) is 12.5. The number of nitrogens with one attached hydrogen (secondary N) is 1. The van der Waals surface area contributed by atoms with Crippen LogP contribution in [0.1, 0.15) is 29.9 Å². The molecule has 2 aliphatic rings. The minimum absolute atomic E-state index is 0.146. The molecule has 1 aromatic rings. The van der Waals surface area contributed by atoms with Crippen molar-refractivity contribution in [1.82, 2.24) is 5.32 Å². The van der Waals surface area contributed by atoms with Crippen LogP contribution < -0.4 is 5.32 Å². The molecule has 3 rings (SSSR count). The molecular formula is C17H23NO4S. The first-order chi connectivity index (χ1) is 10.9. The zero-order valence-corrected chi connectivity index (χ0v) is 14.2. The third-order valence-electron chi connectivity index (χ3n) is 4.78. The molecule has 126 valence electrons. The van der Waals surface area contributed by atoms with Gasteiger partial charge in [-0.15, -0.1) is 0 Å². The maximum atomic E-state index is 12.5. The molecule has 0 spiro atoms.